The van der Waals surface area contributed by atoms with E-state index >= 15 is 0 Å². The number of nitrogens with zero attached hydrogens (tertiary/aromatic N) is 3. The highest BCUT2D eigenvalue weighted by molar-refractivity contribution is 5.87. The zero-order valence-corrected chi connectivity index (χ0v) is 14.9. The summed E-state index contributed by atoms with van der Waals surface area (Å²) in [5.74, 6) is 0. The number of morpholine rings is 1. The predicted octanol–water partition coefficient (Wildman–Crippen LogP) is 2.76. The minimum absolute atomic E-state index is 0.0677. The number of nitro groups is 1. The maximum Gasteiger partial charge on any atom is 0.293 e. The van der Waals surface area contributed by atoms with Crippen molar-refractivity contribution < 1.29 is 9.66 Å². The van der Waals surface area contributed by atoms with Gasteiger partial charge in [0, 0.05) is 19.2 Å². The summed E-state index contributed by atoms with van der Waals surface area (Å²) in [6, 6.07) is 2.99. The number of fused-ring (bicyclic) bond motifs is 1. The lowest BCUT2D eigenvalue weighted by atomic mass is 9.93. The van der Waals surface area contributed by atoms with Crippen LogP contribution < -0.4 is 10.5 Å². The van der Waals surface area contributed by atoms with Gasteiger partial charge in [0.25, 0.3) is 11.2 Å². The quantitative estimate of drug-likeness (QED) is 0.654. The van der Waals surface area contributed by atoms with Gasteiger partial charge >= 0.3 is 0 Å². The molecule has 0 unspecified atom stereocenters. The smallest absolute Gasteiger partial charge is 0.293 e. The topological polar surface area (TPSA) is 101 Å². The minimum Gasteiger partial charge on any atom is -0.365 e. The molecule has 1 aromatic carbocycles. The number of H-pyrrole nitrogens is 1. The van der Waals surface area contributed by atoms with Crippen molar-refractivity contribution in [1.29, 1.82) is 0 Å². The van der Waals surface area contributed by atoms with Gasteiger partial charge in [-0.1, -0.05) is 12.8 Å². The number of anilines is 1. The maximum atomic E-state index is 12.0. The van der Waals surface area contributed by atoms with Crippen LogP contribution in [0.15, 0.2) is 23.3 Å². The highest BCUT2D eigenvalue weighted by atomic mass is 16.6. The molecule has 2 fully saturated rings. The van der Waals surface area contributed by atoms with Crippen LogP contribution in [0.1, 0.15) is 39.5 Å². The summed E-state index contributed by atoms with van der Waals surface area (Å²) in [6.45, 7) is 5.21. The second-order valence-corrected chi connectivity index (χ2v) is 7.95. The van der Waals surface area contributed by atoms with E-state index in [1.807, 2.05) is 18.7 Å². The highest BCUT2D eigenvalue weighted by Gasteiger charge is 2.46. The molecule has 0 bridgehead atoms. The van der Waals surface area contributed by atoms with E-state index in [9.17, 15) is 14.9 Å². The molecule has 2 heterocycles. The van der Waals surface area contributed by atoms with Gasteiger partial charge in [-0.3, -0.25) is 14.9 Å². The fraction of sp³-hybridized carbons (Fsp3) is 0.556. The van der Waals surface area contributed by atoms with E-state index < -0.39 is 10.5 Å². The fourth-order valence-electron chi connectivity index (χ4n) is 4.46. The summed E-state index contributed by atoms with van der Waals surface area (Å²) in [4.78, 5) is 32.0. The van der Waals surface area contributed by atoms with Crippen molar-refractivity contribution >= 4 is 22.3 Å². The number of nitrogens with one attached hydrogen (secondary N) is 1. The van der Waals surface area contributed by atoms with Crippen LogP contribution in [0.25, 0.3) is 10.9 Å². The van der Waals surface area contributed by atoms with Crippen LogP contribution in [-0.2, 0) is 4.74 Å². The van der Waals surface area contributed by atoms with E-state index in [4.69, 9.17) is 4.74 Å². The molecule has 26 heavy (non-hydrogen) atoms. The Morgan fingerprint density at radius 2 is 2.00 bits per heavy atom. The molecular formula is C18H22N4O4. The summed E-state index contributed by atoms with van der Waals surface area (Å²) in [6.07, 6.45) is 5.47. The third kappa shape index (κ3) is 2.84. The van der Waals surface area contributed by atoms with Gasteiger partial charge in [0.05, 0.1) is 33.4 Å². The van der Waals surface area contributed by atoms with Crippen molar-refractivity contribution in [1.82, 2.24) is 9.97 Å². The van der Waals surface area contributed by atoms with Crippen LogP contribution in [0.2, 0.25) is 0 Å². The first-order chi connectivity index (χ1) is 12.3. The third-order valence-electron chi connectivity index (χ3n) is 5.33. The van der Waals surface area contributed by atoms with Crippen LogP contribution in [0.3, 0.4) is 0 Å². The van der Waals surface area contributed by atoms with E-state index in [1.54, 1.807) is 6.07 Å². The first-order valence-corrected chi connectivity index (χ1v) is 8.90. The largest absolute Gasteiger partial charge is 0.365 e. The Morgan fingerprint density at radius 1 is 1.27 bits per heavy atom. The summed E-state index contributed by atoms with van der Waals surface area (Å²) in [5.41, 5.74) is -0.150. The molecule has 8 nitrogen and oxygen atoms in total. The molecule has 8 heteroatoms. The zero-order valence-electron chi connectivity index (χ0n) is 14.9. The van der Waals surface area contributed by atoms with E-state index in [1.165, 1.54) is 12.4 Å². The van der Waals surface area contributed by atoms with Crippen LogP contribution in [0.4, 0.5) is 11.4 Å². The Kier molecular flexibility index (Phi) is 3.76. The third-order valence-corrected chi connectivity index (χ3v) is 5.33. The molecule has 1 saturated carbocycles. The molecule has 0 radical (unpaired) electrons. The molecule has 1 aliphatic heterocycles. The molecule has 1 aromatic heterocycles. The lowest BCUT2D eigenvalue weighted by molar-refractivity contribution is -0.384. The van der Waals surface area contributed by atoms with E-state index in [2.05, 4.69) is 9.97 Å². The Balaban J connectivity index is 1.85. The van der Waals surface area contributed by atoms with Gasteiger partial charge in [0.15, 0.2) is 0 Å². The average Bonchev–Trinajstić information content (AvgIpc) is 2.99. The second-order valence-electron chi connectivity index (χ2n) is 7.95. The van der Waals surface area contributed by atoms with Gasteiger partial charge in [-0.25, -0.2) is 4.98 Å². The SMILES string of the molecule is CC1(C)CN(c2cc3nc[nH]c(=O)c3cc2[N+](=O)[O-])CC2(CCCC2)O1. The number of hydrogen-bond acceptors (Lipinski definition) is 6. The Labute approximate surface area is 150 Å². The number of rotatable bonds is 2. The molecule has 1 saturated heterocycles. The van der Waals surface area contributed by atoms with Crippen molar-refractivity contribution in [2.45, 2.75) is 50.7 Å². The first kappa shape index (κ1) is 17.0. The van der Waals surface area contributed by atoms with Crippen LogP contribution >= 0.6 is 0 Å². The Hall–Kier alpha value is -2.48. The molecule has 2 aromatic rings. The van der Waals surface area contributed by atoms with Crippen molar-refractivity contribution in [2.75, 3.05) is 18.0 Å². The Morgan fingerprint density at radius 3 is 2.69 bits per heavy atom. The summed E-state index contributed by atoms with van der Waals surface area (Å²) >= 11 is 0. The first-order valence-electron chi connectivity index (χ1n) is 8.90. The van der Waals surface area contributed by atoms with Crippen molar-refractivity contribution in [3.8, 4) is 0 Å². The molecule has 0 amide bonds. The zero-order chi connectivity index (χ0) is 18.5. The average molecular weight is 358 g/mol. The fourth-order valence-corrected chi connectivity index (χ4v) is 4.46. The van der Waals surface area contributed by atoms with Crippen LogP contribution in [0.5, 0.6) is 0 Å². The van der Waals surface area contributed by atoms with Gasteiger partial charge < -0.3 is 14.6 Å². The molecule has 1 spiro atoms. The molecule has 2 aliphatic rings. The molecular weight excluding hydrogens is 336 g/mol. The number of benzene rings is 1. The molecule has 4 rings (SSSR count). The monoisotopic (exact) mass is 358 g/mol. The van der Waals surface area contributed by atoms with Gasteiger partial charge in [-0.2, -0.15) is 0 Å². The van der Waals surface area contributed by atoms with Gasteiger partial charge in [-0.05, 0) is 32.8 Å². The standard InChI is InChI=1S/C18H22N4O4/c1-17(2)9-21(10-18(26-17)5-3-4-6-18)14-8-13-12(7-15(14)22(24)25)16(23)20-11-19-13/h7-8,11H,3-6,9-10H2,1-2H3,(H,19,20,23). The molecule has 1 N–H and O–H groups in total. The van der Waals surface area contributed by atoms with Crippen LogP contribution in [-0.4, -0.2) is 39.2 Å². The van der Waals surface area contributed by atoms with Crippen LogP contribution in [0, 0.1) is 10.1 Å². The number of nitro benzene ring substituents is 1. The summed E-state index contributed by atoms with van der Waals surface area (Å²) < 4.78 is 6.40. The minimum atomic E-state index is -0.426. The van der Waals surface area contributed by atoms with Gasteiger partial charge in [-0.15, -0.1) is 0 Å². The predicted molar refractivity (Wildman–Crippen MR) is 97.6 cm³/mol. The summed E-state index contributed by atoms with van der Waals surface area (Å²) in [5, 5.41) is 11.9. The molecule has 1 aliphatic carbocycles. The highest BCUT2D eigenvalue weighted by Crippen LogP contribution is 2.43. The van der Waals surface area contributed by atoms with Crippen molar-refractivity contribution in [3.05, 3.63) is 38.9 Å². The van der Waals surface area contributed by atoms with Gasteiger partial charge in [0.1, 0.15) is 5.69 Å². The number of aromatic nitrogens is 2. The number of ether oxygens (including phenoxy) is 1. The Bertz CT molecular complexity index is 930. The van der Waals surface area contributed by atoms with Crippen molar-refractivity contribution in [2.24, 2.45) is 0 Å². The molecule has 138 valence electrons. The van der Waals surface area contributed by atoms with E-state index in [-0.39, 0.29) is 22.2 Å². The van der Waals surface area contributed by atoms with E-state index in [0.717, 1.165) is 25.7 Å². The van der Waals surface area contributed by atoms with Crippen molar-refractivity contribution in [3.63, 3.8) is 0 Å². The normalized spacial score (nSPS) is 21.4. The number of hydrogen-bond donors (Lipinski definition) is 1. The second kappa shape index (κ2) is 5.77. The number of aromatic amines is 1. The lowest BCUT2D eigenvalue weighted by Gasteiger charge is -2.49. The van der Waals surface area contributed by atoms with E-state index in [0.29, 0.717) is 24.3 Å². The van der Waals surface area contributed by atoms with Gasteiger partial charge in [0.2, 0.25) is 0 Å². The molecule has 0 atom stereocenters. The lowest BCUT2D eigenvalue weighted by Crippen LogP contribution is -2.58. The summed E-state index contributed by atoms with van der Waals surface area (Å²) in [7, 11) is 0. The maximum absolute atomic E-state index is 12.0.